The SMILES string of the molecule is Cc1cc(C#N)ccc1Oc1ccc(C(=O)N2CCOCC2)cc1. The van der Waals surface area contributed by atoms with Gasteiger partial charge in [0.15, 0.2) is 0 Å². The van der Waals surface area contributed by atoms with E-state index in [4.69, 9.17) is 14.7 Å². The normalized spacial score (nSPS) is 14.1. The van der Waals surface area contributed by atoms with Crippen LogP contribution in [0.15, 0.2) is 42.5 Å². The number of morpholine rings is 1. The molecule has 1 aliphatic rings. The Labute approximate surface area is 141 Å². The Morgan fingerprint density at radius 1 is 1.17 bits per heavy atom. The summed E-state index contributed by atoms with van der Waals surface area (Å²) < 4.78 is 11.1. The molecule has 122 valence electrons. The molecule has 2 aromatic carbocycles. The van der Waals surface area contributed by atoms with E-state index in [1.807, 2.05) is 6.92 Å². The van der Waals surface area contributed by atoms with Crippen LogP contribution >= 0.6 is 0 Å². The van der Waals surface area contributed by atoms with Gasteiger partial charge in [0.2, 0.25) is 0 Å². The third kappa shape index (κ3) is 3.55. The topological polar surface area (TPSA) is 62.6 Å². The third-order valence-electron chi connectivity index (χ3n) is 3.93. The first-order chi connectivity index (χ1) is 11.7. The minimum Gasteiger partial charge on any atom is -0.457 e. The number of hydrogen-bond donors (Lipinski definition) is 0. The number of nitrogens with zero attached hydrogens (tertiary/aromatic N) is 2. The Morgan fingerprint density at radius 2 is 1.88 bits per heavy atom. The fraction of sp³-hybridized carbons (Fsp3) is 0.263. The van der Waals surface area contributed by atoms with Gasteiger partial charge in [0.1, 0.15) is 11.5 Å². The van der Waals surface area contributed by atoms with Crippen LogP contribution in [0.5, 0.6) is 11.5 Å². The average Bonchev–Trinajstić information content (AvgIpc) is 2.64. The van der Waals surface area contributed by atoms with Crippen molar-refractivity contribution in [3.05, 3.63) is 59.2 Å². The summed E-state index contributed by atoms with van der Waals surface area (Å²) >= 11 is 0. The second-order valence-corrected chi connectivity index (χ2v) is 5.62. The van der Waals surface area contributed by atoms with Crippen molar-refractivity contribution < 1.29 is 14.3 Å². The van der Waals surface area contributed by atoms with Crippen molar-refractivity contribution >= 4 is 5.91 Å². The monoisotopic (exact) mass is 322 g/mol. The van der Waals surface area contributed by atoms with Gasteiger partial charge in [-0.25, -0.2) is 0 Å². The lowest BCUT2D eigenvalue weighted by molar-refractivity contribution is 0.0303. The molecule has 5 nitrogen and oxygen atoms in total. The maximum absolute atomic E-state index is 12.4. The number of aryl methyl sites for hydroxylation is 1. The van der Waals surface area contributed by atoms with E-state index in [9.17, 15) is 4.79 Å². The molecule has 1 saturated heterocycles. The van der Waals surface area contributed by atoms with E-state index in [-0.39, 0.29) is 5.91 Å². The van der Waals surface area contributed by atoms with Crippen LogP contribution in [0.2, 0.25) is 0 Å². The van der Waals surface area contributed by atoms with Gasteiger partial charge in [0.25, 0.3) is 5.91 Å². The first-order valence-corrected chi connectivity index (χ1v) is 7.83. The summed E-state index contributed by atoms with van der Waals surface area (Å²) in [4.78, 5) is 14.2. The Bertz CT molecular complexity index is 772. The molecule has 24 heavy (non-hydrogen) atoms. The van der Waals surface area contributed by atoms with Crippen molar-refractivity contribution in [1.29, 1.82) is 5.26 Å². The molecule has 0 unspecified atom stereocenters. The molecular weight excluding hydrogens is 304 g/mol. The molecule has 3 rings (SSSR count). The zero-order valence-corrected chi connectivity index (χ0v) is 13.5. The Morgan fingerprint density at radius 3 is 2.50 bits per heavy atom. The number of rotatable bonds is 3. The van der Waals surface area contributed by atoms with E-state index >= 15 is 0 Å². The van der Waals surface area contributed by atoms with Gasteiger partial charge in [-0.2, -0.15) is 5.26 Å². The summed E-state index contributed by atoms with van der Waals surface area (Å²) in [5, 5.41) is 8.90. The smallest absolute Gasteiger partial charge is 0.254 e. The zero-order valence-electron chi connectivity index (χ0n) is 13.5. The second-order valence-electron chi connectivity index (χ2n) is 5.62. The van der Waals surface area contributed by atoms with E-state index < -0.39 is 0 Å². The van der Waals surface area contributed by atoms with Gasteiger partial charge in [-0.05, 0) is 55.0 Å². The molecule has 0 atom stereocenters. The summed E-state index contributed by atoms with van der Waals surface area (Å²) in [6.07, 6.45) is 0. The van der Waals surface area contributed by atoms with Crippen LogP contribution < -0.4 is 4.74 Å². The number of carbonyl (C=O) groups is 1. The quantitative estimate of drug-likeness (QED) is 0.871. The molecule has 1 aliphatic heterocycles. The van der Waals surface area contributed by atoms with Crippen LogP contribution in [-0.4, -0.2) is 37.1 Å². The molecule has 0 aromatic heterocycles. The number of ether oxygens (including phenoxy) is 2. The molecule has 0 saturated carbocycles. The highest BCUT2D eigenvalue weighted by Gasteiger charge is 2.18. The molecule has 0 N–H and O–H groups in total. The standard InChI is InChI=1S/C19H18N2O3/c1-14-12-15(13-20)2-7-18(14)24-17-5-3-16(4-6-17)19(22)21-8-10-23-11-9-21/h2-7,12H,8-11H2,1H3. The van der Waals surface area contributed by atoms with E-state index in [2.05, 4.69) is 6.07 Å². The molecule has 0 bridgehead atoms. The molecular formula is C19H18N2O3. The lowest BCUT2D eigenvalue weighted by Gasteiger charge is -2.26. The van der Waals surface area contributed by atoms with Crippen molar-refractivity contribution in [3.8, 4) is 17.6 Å². The zero-order chi connectivity index (χ0) is 16.9. The first kappa shape index (κ1) is 16.0. The van der Waals surface area contributed by atoms with Gasteiger partial charge >= 0.3 is 0 Å². The summed E-state index contributed by atoms with van der Waals surface area (Å²) in [6, 6.07) is 14.5. The summed E-state index contributed by atoms with van der Waals surface area (Å²) in [6.45, 7) is 4.32. The highest BCUT2D eigenvalue weighted by atomic mass is 16.5. The lowest BCUT2D eigenvalue weighted by atomic mass is 10.1. The van der Waals surface area contributed by atoms with Crippen LogP contribution in [0.1, 0.15) is 21.5 Å². The van der Waals surface area contributed by atoms with Gasteiger partial charge in [0.05, 0.1) is 24.8 Å². The van der Waals surface area contributed by atoms with Crippen molar-refractivity contribution in [2.24, 2.45) is 0 Å². The van der Waals surface area contributed by atoms with Gasteiger partial charge < -0.3 is 14.4 Å². The lowest BCUT2D eigenvalue weighted by Crippen LogP contribution is -2.40. The van der Waals surface area contributed by atoms with Crippen molar-refractivity contribution in [2.75, 3.05) is 26.3 Å². The first-order valence-electron chi connectivity index (χ1n) is 7.83. The highest BCUT2D eigenvalue weighted by Crippen LogP contribution is 2.26. The third-order valence-corrected chi connectivity index (χ3v) is 3.93. The summed E-state index contributed by atoms with van der Waals surface area (Å²) in [5.74, 6) is 1.36. The number of benzene rings is 2. The predicted molar refractivity (Wildman–Crippen MR) is 89.1 cm³/mol. The predicted octanol–water partition coefficient (Wildman–Crippen LogP) is 3.13. The van der Waals surface area contributed by atoms with Crippen molar-refractivity contribution in [3.63, 3.8) is 0 Å². The van der Waals surface area contributed by atoms with E-state index in [0.29, 0.717) is 48.9 Å². The Kier molecular flexibility index (Phi) is 4.78. The van der Waals surface area contributed by atoms with Crippen LogP contribution in [-0.2, 0) is 4.74 Å². The summed E-state index contributed by atoms with van der Waals surface area (Å²) in [5.41, 5.74) is 2.13. The van der Waals surface area contributed by atoms with Crippen LogP contribution in [0.3, 0.4) is 0 Å². The molecule has 2 aromatic rings. The van der Waals surface area contributed by atoms with Gasteiger partial charge in [-0.15, -0.1) is 0 Å². The van der Waals surface area contributed by atoms with Crippen molar-refractivity contribution in [2.45, 2.75) is 6.92 Å². The molecule has 0 aliphatic carbocycles. The van der Waals surface area contributed by atoms with E-state index in [0.717, 1.165) is 5.56 Å². The van der Waals surface area contributed by atoms with Crippen LogP contribution in [0.25, 0.3) is 0 Å². The fourth-order valence-electron chi connectivity index (χ4n) is 2.58. The maximum atomic E-state index is 12.4. The molecule has 1 fully saturated rings. The number of carbonyl (C=O) groups excluding carboxylic acids is 1. The highest BCUT2D eigenvalue weighted by molar-refractivity contribution is 5.94. The van der Waals surface area contributed by atoms with Crippen LogP contribution in [0.4, 0.5) is 0 Å². The van der Waals surface area contributed by atoms with Crippen LogP contribution in [0, 0.1) is 18.3 Å². The number of hydrogen-bond acceptors (Lipinski definition) is 4. The minimum atomic E-state index is 0.0133. The number of nitriles is 1. The Hall–Kier alpha value is -2.84. The second kappa shape index (κ2) is 7.16. The number of amides is 1. The summed E-state index contributed by atoms with van der Waals surface area (Å²) in [7, 11) is 0. The Balaban J connectivity index is 1.70. The largest absolute Gasteiger partial charge is 0.457 e. The van der Waals surface area contributed by atoms with Gasteiger partial charge in [-0.3, -0.25) is 4.79 Å². The molecule has 5 heteroatoms. The molecule has 0 radical (unpaired) electrons. The maximum Gasteiger partial charge on any atom is 0.254 e. The molecule has 1 amide bonds. The van der Waals surface area contributed by atoms with Crippen molar-refractivity contribution in [1.82, 2.24) is 4.90 Å². The van der Waals surface area contributed by atoms with Gasteiger partial charge in [0, 0.05) is 18.7 Å². The molecule has 0 spiro atoms. The van der Waals surface area contributed by atoms with Gasteiger partial charge in [-0.1, -0.05) is 0 Å². The fourth-order valence-corrected chi connectivity index (χ4v) is 2.58. The average molecular weight is 322 g/mol. The van der Waals surface area contributed by atoms with E-state index in [1.54, 1.807) is 47.4 Å². The van der Waals surface area contributed by atoms with E-state index in [1.165, 1.54) is 0 Å². The molecule has 1 heterocycles. The minimum absolute atomic E-state index is 0.0133.